The number of rotatable bonds is 5. The summed E-state index contributed by atoms with van der Waals surface area (Å²) in [7, 11) is 0. The van der Waals surface area contributed by atoms with Crippen LogP contribution in [0.25, 0.3) is 0 Å². The molecule has 18 heavy (non-hydrogen) atoms. The second-order valence-electron chi connectivity index (χ2n) is 4.72. The van der Waals surface area contributed by atoms with Crippen molar-refractivity contribution in [1.82, 2.24) is 10.2 Å². The minimum absolute atomic E-state index is 0.288. The summed E-state index contributed by atoms with van der Waals surface area (Å²) in [5.74, 6) is 2.87. The van der Waals surface area contributed by atoms with Gasteiger partial charge in [0.1, 0.15) is 5.75 Å². The first-order chi connectivity index (χ1) is 8.75. The number of nitrogens with zero attached hydrogens (tertiary/aromatic N) is 1. The lowest BCUT2D eigenvalue weighted by Gasteiger charge is -2.26. The molecule has 4 heteroatoms. The van der Waals surface area contributed by atoms with E-state index in [9.17, 15) is 5.11 Å². The van der Waals surface area contributed by atoms with Gasteiger partial charge >= 0.3 is 0 Å². The van der Waals surface area contributed by atoms with Crippen molar-refractivity contribution < 1.29 is 5.11 Å². The highest BCUT2D eigenvalue weighted by Gasteiger charge is 2.10. The van der Waals surface area contributed by atoms with Gasteiger partial charge < -0.3 is 15.3 Å². The third-order valence-corrected chi connectivity index (χ3v) is 4.29. The zero-order valence-electron chi connectivity index (χ0n) is 10.9. The Balaban J connectivity index is 1.72. The van der Waals surface area contributed by atoms with Crippen molar-refractivity contribution in [2.75, 3.05) is 37.7 Å². The molecular formula is C14H22N2OS. The topological polar surface area (TPSA) is 35.5 Å². The molecule has 1 aromatic rings. The van der Waals surface area contributed by atoms with Gasteiger partial charge in [-0.05, 0) is 24.6 Å². The number of thioether (sulfide) groups is 1. The lowest BCUT2D eigenvalue weighted by atomic mass is 10.1. The molecule has 1 aliphatic rings. The van der Waals surface area contributed by atoms with E-state index in [4.69, 9.17) is 0 Å². The number of benzene rings is 1. The van der Waals surface area contributed by atoms with Gasteiger partial charge in [-0.1, -0.05) is 12.1 Å². The van der Waals surface area contributed by atoms with Crippen molar-refractivity contribution in [2.45, 2.75) is 13.0 Å². The van der Waals surface area contributed by atoms with Crippen molar-refractivity contribution in [3.8, 4) is 5.75 Å². The largest absolute Gasteiger partial charge is 0.508 e. The molecule has 2 N–H and O–H groups in total. The van der Waals surface area contributed by atoms with Gasteiger partial charge in [-0.3, -0.25) is 0 Å². The van der Waals surface area contributed by atoms with E-state index in [0.717, 1.165) is 18.7 Å². The highest BCUT2D eigenvalue weighted by molar-refractivity contribution is 7.99. The molecule has 1 unspecified atom stereocenters. The van der Waals surface area contributed by atoms with Crippen LogP contribution in [0, 0.1) is 0 Å². The summed E-state index contributed by atoms with van der Waals surface area (Å²) in [6, 6.07) is 7.77. The first-order valence-electron chi connectivity index (χ1n) is 6.58. The fourth-order valence-electron chi connectivity index (χ4n) is 2.18. The Morgan fingerprint density at radius 2 is 2.17 bits per heavy atom. The lowest BCUT2D eigenvalue weighted by molar-refractivity contribution is 0.296. The molecule has 1 saturated heterocycles. The lowest BCUT2D eigenvalue weighted by Crippen LogP contribution is -2.38. The van der Waals surface area contributed by atoms with Crippen LogP contribution in [0.2, 0.25) is 0 Å². The van der Waals surface area contributed by atoms with Crippen molar-refractivity contribution in [3.05, 3.63) is 29.8 Å². The second kappa shape index (κ2) is 7.02. The zero-order valence-corrected chi connectivity index (χ0v) is 11.7. The Kier molecular flexibility index (Phi) is 5.35. The van der Waals surface area contributed by atoms with E-state index >= 15 is 0 Å². The van der Waals surface area contributed by atoms with Crippen molar-refractivity contribution >= 4 is 11.8 Å². The quantitative estimate of drug-likeness (QED) is 0.855. The molecule has 1 aliphatic heterocycles. The monoisotopic (exact) mass is 266 g/mol. The third-order valence-electron chi connectivity index (χ3n) is 3.35. The highest BCUT2D eigenvalue weighted by atomic mass is 32.2. The molecule has 1 aromatic carbocycles. The van der Waals surface area contributed by atoms with Gasteiger partial charge in [0.15, 0.2) is 0 Å². The second-order valence-corrected chi connectivity index (χ2v) is 5.95. The fourth-order valence-corrected chi connectivity index (χ4v) is 3.15. The first-order valence-corrected chi connectivity index (χ1v) is 7.73. The van der Waals surface area contributed by atoms with Crippen LogP contribution in [0.4, 0.5) is 0 Å². The molecule has 0 aromatic heterocycles. The van der Waals surface area contributed by atoms with Gasteiger partial charge in [-0.15, -0.1) is 0 Å². The summed E-state index contributed by atoms with van der Waals surface area (Å²) in [6.07, 6.45) is 0. The molecule has 0 bridgehead atoms. The summed E-state index contributed by atoms with van der Waals surface area (Å²) < 4.78 is 0. The van der Waals surface area contributed by atoms with Crippen molar-refractivity contribution in [3.63, 3.8) is 0 Å². The smallest absolute Gasteiger partial charge is 0.115 e. The maximum atomic E-state index is 9.45. The number of nitrogens with one attached hydrogen (secondary N) is 1. The molecule has 100 valence electrons. The van der Waals surface area contributed by atoms with Crippen LogP contribution >= 0.6 is 11.8 Å². The minimum Gasteiger partial charge on any atom is -0.508 e. The predicted octanol–water partition coefficient (Wildman–Crippen LogP) is 2.09. The Morgan fingerprint density at radius 1 is 1.39 bits per heavy atom. The Bertz CT molecular complexity index is 367. The van der Waals surface area contributed by atoms with E-state index in [2.05, 4.69) is 23.2 Å². The molecule has 0 radical (unpaired) electrons. The molecule has 1 atom stereocenters. The van der Waals surface area contributed by atoms with Gasteiger partial charge in [-0.25, -0.2) is 0 Å². The molecular weight excluding hydrogens is 244 g/mol. The van der Waals surface area contributed by atoms with Crippen LogP contribution in [0.5, 0.6) is 5.75 Å². The van der Waals surface area contributed by atoms with Gasteiger partial charge in [0.2, 0.25) is 0 Å². The molecule has 0 saturated carbocycles. The molecule has 0 amide bonds. The number of phenolic OH excluding ortho intramolecular Hbond substituents is 1. The van der Waals surface area contributed by atoms with E-state index in [-0.39, 0.29) is 6.04 Å². The fraction of sp³-hybridized carbons (Fsp3) is 0.571. The molecule has 0 spiro atoms. The van der Waals surface area contributed by atoms with Crippen LogP contribution in [0.1, 0.15) is 18.5 Å². The molecule has 2 rings (SSSR count). The third kappa shape index (κ3) is 4.19. The summed E-state index contributed by atoms with van der Waals surface area (Å²) in [5.41, 5.74) is 1.14. The van der Waals surface area contributed by atoms with Gasteiger partial charge in [-0.2, -0.15) is 11.8 Å². The number of hydrogen-bond donors (Lipinski definition) is 2. The Labute approximate surface area is 114 Å². The van der Waals surface area contributed by atoms with E-state index in [1.807, 2.05) is 23.9 Å². The summed E-state index contributed by atoms with van der Waals surface area (Å²) in [4.78, 5) is 2.51. The average Bonchev–Trinajstić information content (AvgIpc) is 2.40. The molecule has 3 nitrogen and oxygen atoms in total. The van der Waals surface area contributed by atoms with E-state index in [1.165, 1.54) is 24.6 Å². The maximum absolute atomic E-state index is 9.45. The van der Waals surface area contributed by atoms with Crippen LogP contribution in [-0.4, -0.2) is 47.7 Å². The summed E-state index contributed by atoms with van der Waals surface area (Å²) >= 11 is 2.05. The first kappa shape index (κ1) is 13.7. The SMILES string of the molecule is CC(NCCN1CCSCC1)c1cccc(O)c1. The van der Waals surface area contributed by atoms with Crippen LogP contribution in [0.3, 0.4) is 0 Å². The van der Waals surface area contributed by atoms with Crippen LogP contribution in [0.15, 0.2) is 24.3 Å². The highest BCUT2D eigenvalue weighted by Crippen LogP contribution is 2.17. The number of phenols is 1. The Morgan fingerprint density at radius 3 is 2.89 bits per heavy atom. The maximum Gasteiger partial charge on any atom is 0.115 e. The Hall–Kier alpha value is -0.710. The average molecular weight is 266 g/mol. The van der Waals surface area contributed by atoms with Gasteiger partial charge in [0, 0.05) is 43.7 Å². The zero-order chi connectivity index (χ0) is 12.8. The molecule has 1 fully saturated rings. The predicted molar refractivity (Wildman–Crippen MR) is 78.3 cm³/mol. The van der Waals surface area contributed by atoms with Crippen LogP contribution < -0.4 is 5.32 Å². The van der Waals surface area contributed by atoms with Gasteiger partial charge in [0.25, 0.3) is 0 Å². The summed E-state index contributed by atoms with van der Waals surface area (Å²) in [5, 5.41) is 13.0. The number of aromatic hydroxyl groups is 1. The normalized spacial score (nSPS) is 18.7. The van der Waals surface area contributed by atoms with Gasteiger partial charge in [0.05, 0.1) is 0 Å². The van der Waals surface area contributed by atoms with E-state index in [0.29, 0.717) is 5.75 Å². The van der Waals surface area contributed by atoms with E-state index in [1.54, 1.807) is 6.07 Å². The van der Waals surface area contributed by atoms with E-state index < -0.39 is 0 Å². The molecule has 0 aliphatic carbocycles. The number of hydrogen-bond acceptors (Lipinski definition) is 4. The van der Waals surface area contributed by atoms with Crippen molar-refractivity contribution in [1.29, 1.82) is 0 Å². The standard InChI is InChI=1S/C14H22N2OS/c1-12(13-3-2-4-14(17)11-13)15-5-6-16-7-9-18-10-8-16/h2-4,11-12,15,17H,5-10H2,1H3. The molecule has 1 heterocycles. The van der Waals surface area contributed by atoms with Crippen LogP contribution in [-0.2, 0) is 0 Å². The summed E-state index contributed by atoms with van der Waals surface area (Å²) in [6.45, 7) is 6.69. The van der Waals surface area contributed by atoms with Crippen molar-refractivity contribution in [2.24, 2.45) is 0 Å². The minimum atomic E-state index is 0.288.